The molecule has 4 rings (SSSR count). The van der Waals surface area contributed by atoms with Crippen LogP contribution in [0.25, 0.3) is 0 Å². The maximum absolute atomic E-state index is 12.2. The Kier molecular flexibility index (Phi) is 1.15. The van der Waals surface area contributed by atoms with Crippen molar-refractivity contribution in [3.05, 3.63) is 12.2 Å². The zero-order valence-electron chi connectivity index (χ0n) is 8.47. The fraction of sp³-hybridized carbons (Fsp3) is 0.667. The molecule has 3 nitrogen and oxygen atoms in total. The van der Waals surface area contributed by atoms with Gasteiger partial charge in [0.25, 0.3) is 0 Å². The molecule has 0 aromatic carbocycles. The lowest BCUT2D eigenvalue weighted by Gasteiger charge is -2.30. The summed E-state index contributed by atoms with van der Waals surface area (Å²) < 4.78 is 5.32. The van der Waals surface area contributed by atoms with Crippen molar-refractivity contribution in [2.24, 2.45) is 23.7 Å². The minimum Gasteiger partial charge on any atom is -0.350 e. The number of hydrogen-bond donors (Lipinski definition) is 0. The topological polar surface area (TPSA) is 46.7 Å². The minimum atomic E-state index is -0.753. The van der Waals surface area contributed by atoms with Crippen LogP contribution in [0.2, 0.25) is 0 Å². The van der Waals surface area contributed by atoms with Crippen LogP contribution in [0.3, 0.4) is 0 Å². The lowest BCUT2D eigenvalue weighted by Crippen LogP contribution is -2.47. The van der Waals surface area contributed by atoms with Crippen LogP contribution in [0.1, 0.15) is 13.3 Å². The van der Waals surface area contributed by atoms with E-state index in [1.165, 1.54) is 0 Å². The third kappa shape index (κ3) is 0.718. The van der Waals surface area contributed by atoms with Crippen molar-refractivity contribution in [2.75, 3.05) is 0 Å². The average Bonchev–Trinajstić information content (AvgIpc) is 2.64. The molecule has 0 N–H and O–H groups in total. The van der Waals surface area contributed by atoms with Gasteiger partial charge in [-0.1, -0.05) is 12.2 Å². The first-order valence-corrected chi connectivity index (χ1v) is 5.57. The monoisotopic (exact) mass is 204 g/mol. The normalized spacial score (nSPS) is 59.4. The van der Waals surface area contributed by atoms with Crippen LogP contribution in [0.15, 0.2) is 12.2 Å². The largest absolute Gasteiger partial charge is 0.350 e. The molecule has 0 aromatic rings. The summed E-state index contributed by atoms with van der Waals surface area (Å²) in [6.07, 6.45) is 4.81. The second kappa shape index (κ2) is 2.09. The van der Waals surface area contributed by atoms with E-state index in [4.69, 9.17) is 4.74 Å². The molecule has 3 heteroatoms. The molecule has 4 aliphatic rings. The van der Waals surface area contributed by atoms with E-state index in [2.05, 4.69) is 12.2 Å². The van der Waals surface area contributed by atoms with Gasteiger partial charge in [-0.3, -0.25) is 9.59 Å². The van der Waals surface area contributed by atoms with Gasteiger partial charge in [0.2, 0.25) is 0 Å². The molecule has 3 fully saturated rings. The summed E-state index contributed by atoms with van der Waals surface area (Å²) in [7, 11) is 0. The molecule has 0 spiro atoms. The van der Waals surface area contributed by atoms with E-state index in [0.29, 0.717) is 11.8 Å². The number of allylic oxidation sites excluding steroid dienone is 2. The lowest BCUT2D eigenvalue weighted by atomic mass is 9.68. The van der Waals surface area contributed by atoms with Crippen LogP contribution in [0.4, 0.5) is 0 Å². The summed E-state index contributed by atoms with van der Waals surface area (Å²) in [5.41, 5.74) is -0.753. The Morgan fingerprint density at radius 1 is 1.27 bits per heavy atom. The molecular formula is C12H12O3. The molecule has 2 saturated carbocycles. The highest BCUT2D eigenvalue weighted by Crippen LogP contribution is 2.58. The molecule has 6 atom stereocenters. The molecule has 1 saturated heterocycles. The van der Waals surface area contributed by atoms with E-state index in [0.717, 1.165) is 6.42 Å². The van der Waals surface area contributed by atoms with Crippen molar-refractivity contribution in [2.45, 2.75) is 25.0 Å². The summed E-state index contributed by atoms with van der Waals surface area (Å²) in [5.74, 6) is 0.834. The Labute approximate surface area is 87.5 Å². The molecule has 0 amide bonds. The van der Waals surface area contributed by atoms with Gasteiger partial charge < -0.3 is 4.74 Å². The first kappa shape index (κ1) is 8.22. The molecule has 0 aromatic heterocycles. The van der Waals surface area contributed by atoms with Gasteiger partial charge in [0, 0.05) is 11.8 Å². The van der Waals surface area contributed by atoms with Crippen molar-refractivity contribution in [1.29, 1.82) is 0 Å². The van der Waals surface area contributed by atoms with Crippen molar-refractivity contribution < 1.29 is 14.3 Å². The van der Waals surface area contributed by atoms with E-state index in [-0.39, 0.29) is 23.4 Å². The molecule has 0 radical (unpaired) electrons. The van der Waals surface area contributed by atoms with Gasteiger partial charge >= 0.3 is 0 Å². The number of fused-ring (bicyclic) bond motifs is 6. The van der Waals surface area contributed by atoms with Crippen LogP contribution >= 0.6 is 0 Å². The molecule has 1 heterocycles. The van der Waals surface area contributed by atoms with Crippen LogP contribution in [-0.2, 0) is 14.3 Å². The first-order chi connectivity index (χ1) is 7.13. The summed E-state index contributed by atoms with van der Waals surface area (Å²) in [4.78, 5) is 24.3. The Morgan fingerprint density at radius 2 is 1.93 bits per heavy atom. The third-order valence-corrected chi connectivity index (χ3v) is 4.64. The fourth-order valence-electron chi connectivity index (χ4n) is 3.80. The summed E-state index contributed by atoms with van der Waals surface area (Å²) in [6.45, 7) is 1.77. The van der Waals surface area contributed by atoms with Crippen LogP contribution in [0.5, 0.6) is 0 Å². The quantitative estimate of drug-likeness (QED) is 0.432. The predicted molar refractivity (Wildman–Crippen MR) is 51.0 cm³/mol. The number of epoxide rings is 1. The predicted octanol–water partition coefficient (Wildman–Crippen LogP) is 0.734. The van der Waals surface area contributed by atoms with Gasteiger partial charge in [0.15, 0.2) is 23.3 Å². The highest BCUT2D eigenvalue weighted by Gasteiger charge is 2.72. The molecule has 78 valence electrons. The Hall–Kier alpha value is -0.960. The summed E-state index contributed by atoms with van der Waals surface area (Å²) >= 11 is 0. The van der Waals surface area contributed by atoms with E-state index in [1.807, 2.05) is 0 Å². The van der Waals surface area contributed by atoms with Gasteiger partial charge in [-0.2, -0.15) is 0 Å². The summed E-state index contributed by atoms with van der Waals surface area (Å²) in [5, 5.41) is 0. The van der Waals surface area contributed by atoms with Crippen LogP contribution in [-0.4, -0.2) is 23.3 Å². The van der Waals surface area contributed by atoms with Crippen molar-refractivity contribution in [3.63, 3.8) is 0 Å². The standard InChI is InChI=1S/C12H12O3/c1-12-10(14)8-6-3-2-5(4-6)7(8)9(13)11(12)15-12/h2-3,5-8,11H,4H2,1H3/t5-,6-,7-,8-,11-,12-/m1/s1. The number of hydrogen-bond acceptors (Lipinski definition) is 3. The van der Waals surface area contributed by atoms with Crippen molar-refractivity contribution in [1.82, 2.24) is 0 Å². The smallest absolute Gasteiger partial charge is 0.171 e. The van der Waals surface area contributed by atoms with Crippen LogP contribution in [0, 0.1) is 23.7 Å². The van der Waals surface area contributed by atoms with Gasteiger partial charge in [0.05, 0.1) is 0 Å². The van der Waals surface area contributed by atoms with E-state index in [1.54, 1.807) is 6.92 Å². The second-order valence-electron chi connectivity index (χ2n) is 5.37. The third-order valence-electron chi connectivity index (χ3n) is 4.64. The molecule has 1 aliphatic heterocycles. The lowest BCUT2D eigenvalue weighted by molar-refractivity contribution is -0.138. The minimum absolute atomic E-state index is 0.0620. The number of carbonyl (C=O) groups excluding carboxylic acids is 2. The van der Waals surface area contributed by atoms with Gasteiger partial charge in [-0.25, -0.2) is 0 Å². The molecular weight excluding hydrogens is 192 g/mol. The van der Waals surface area contributed by atoms with E-state index >= 15 is 0 Å². The van der Waals surface area contributed by atoms with Crippen molar-refractivity contribution >= 4 is 11.6 Å². The van der Waals surface area contributed by atoms with E-state index < -0.39 is 11.7 Å². The van der Waals surface area contributed by atoms with Gasteiger partial charge in [0.1, 0.15) is 0 Å². The van der Waals surface area contributed by atoms with Crippen molar-refractivity contribution in [3.8, 4) is 0 Å². The average molecular weight is 204 g/mol. The van der Waals surface area contributed by atoms with Gasteiger partial charge in [-0.05, 0) is 25.2 Å². The zero-order chi connectivity index (χ0) is 10.4. The molecule has 0 unspecified atom stereocenters. The number of Topliss-reactive ketones (excluding diaryl/α,β-unsaturated/α-hetero) is 2. The second-order valence-corrected chi connectivity index (χ2v) is 5.37. The van der Waals surface area contributed by atoms with E-state index in [9.17, 15) is 9.59 Å². The maximum Gasteiger partial charge on any atom is 0.171 e. The number of ether oxygens (including phenoxy) is 1. The Balaban J connectivity index is 1.85. The molecule has 3 aliphatic carbocycles. The molecule has 2 bridgehead atoms. The highest BCUT2D eigenvalue weighted by atomic mass is 16.6. The Bertz CT molecular complexity index is 425. The summed E-state index contributed by atoms with van der Waals surface area (Å²) in [6, 6.07) is 0. The number of ketones is 2. The SMILES string of the molecule is C[C@]12O[C@@H]1C(=O)[C@H]1[C@H](C2=O)[C@@H]2C=C[C@@H]1C2. The maximum atomic E-state index is 12.2. The fourth-order valence-corrected chi connectivity index (χ4v) is 3.80. The Morgan fingerprint density at radius 3 is 2.67 bits per heavy atom. The van der Waals surface area contributed by atoms with Gasteiger partial charge in [-0.15, -0.1) is 0 Å². The number of rotatable bonds is 0. The number of carbonyl (C=O) groups is 2. The zero-order valence-corrected chi connectivity index (χ0v) is 8.47. The first-order valence-electron chi connectivity index (χ1n) is 5.57. The molecule has 15 heavy (non-hydrogen) atoms. The highest BCUT2D eigenvalue weighted by molar-refractivity contribution is 6.09. The van der Waals surface area contributed by atoms with Crippen LogP contribution < -0.4 is 0 Å².